The molecule has 0 aromatic carbocycles. The van der Waals surface area contributed by atoms with Crippen molar-refractivity contribution in [3.8, 4) is 0 Å². The summed E-state index contributed by atoms with van der Waals surface area (Å²) in [5.74, 6) is 0.253. The predicted octanol–water partition coefficient (Wildman–Crippen LogP) is 4.49. The molecule has 2 aromatic rings. The third kappa shape index (κ3) is 2.79. The molecule has 2 aliphatic rings. The zero-order valence-corrected chi connectivity index (χ0v) is 13.6. The summed E-state index contributed by atoms with van der Waals surface area (Å²) in [6.07, 6.45) is 7.22. The van der Waals surface area contributed by atoms with Crippen molar-refractivity contribution >= 4 is 28.6 Å². The first-order chi connectivity index (χ1) is 10.3. The fraction of sp³-hybridized carbons (Fsp3) is 0.471. The van der Waals surface area contributed by atoms with Gasteiger partial charge in [0.1, 0.15) is 0 Å². The van der Waals surface area contributed by atoms with Crippen molar-refractivity contribution in [2.75, 3.05) is 0 Å². The largest absolute Gasteiger partial charge is 0.331 e. The van der Waals surface area contributed by atoms with Gasteiger partial charge in [-0.2, -0.15) is 11.3 Å². The van der Waals surface area contributed by atoms with Crippen molar-refractivity contribution in [3.05, 3.63) is 43.8 Å². The molecule has 2 aromatic heterocycles. The van der Waals surface area contributed by atoms with Crippen LogP contribution in [0.5, 0.6) is 0 Å². The fourth-order valence-electron chi connectivity index (χ4n) is 3.07. The molecule has 0 radical (unpaired) electrons. The number of aryl methyl sites for hydroxylation is 2. The van der Waals surface area contributed by atoms with Crippen LogP contribution in [0.1, 0.15) is 51.4 Å². The number of hydrogen-bond donors (Lipinski definition) is 0. The van der Waals surface area contributed by atoms with Crippen LogP contribution in [0.15, 0.2) is 22.9 Å². The van der Waals surface area contributed by atoms with Gasteiger partial charge in [-0.25, -0.2) is 0 Å². The summed E-state index contributed by atoms with van der Waals surface area (Å²) in [5, 5.41) is 4.25. The first-order valence-corrected chi connectivity index (χ1v) is 9.51. The Bertz CT molecular complexity index is 616. The van der Waals surface area contributed by atoms with Crippen LogP contribution in [0.2, 0.25) is 0 Å². The van der Waals surface area contributed by atoms with Crippen molar-refractivity contribution < 1.29 is 4.79 Å². The molecule has 2 heterocycles. The maximum atomic E-state index is 12.9. The van der Waals surface area contributed by atoms with E-state index in [4.69, 9.17) is 0 Å². The zero-order valence-electron chi connectivity index (χ0n) is 12.0. The van der Waals surface area contributed by atoms with Crippen molar-refractivity contribution in [2.45, 2.75) is 51.1 Å². The van der Waals surface area contributed by atoms with Crippen LogP contribution in [-0.4, -0.2) is 16.8 Å². The predicted molar refractivity (Wildman–Crippen MR) is 88.2 cm³/mol. The molecule has 4 rings (SSSR count). The summed E-state index contributed by atoms with van der Waals surface area (Å²) >= 11 is 3.45. The topological polar surface area (TPSA) is 20.3 Å². The van der Waals surface area contributed by atoms with Gasteiger partial charge in [-0.05, 0) is 72.5 Å². The summed E-state index contributed by atoms with van der Waals surface area (Å²) in [5.41, 5.74) is 2.70. The smallest absolute Gasteiger partial charge is 0.264 e. The molecular weight excluding hydrogens is 298 g/mol. The number of amides is 1. The second-order valence-corrected chi connectivity index (χ2v) is 7.98. The van der Waals surface area contributed by atoms with E-state index in [1.165, 1.54) is 48.1 Å². The van der Waals surface area contributed by atoms with Crippen LogP contribution >= 0.6 is 22.7 Å². The lowest BCUT2D eigenvalue weighted by atomic mass is 9.99. The van der Waals surface area contributed by atoms with Gasteiger partial charge in [-0.15, -0.1) is 11.3 Å². The van der Waals surface area contributed by atoms with E-state index < -0.39 is 0 Å². The van der Waals surface area contributed by atoms with E-state index in [-0.39, 0.29) is 5.91 Å². The minimum Gasteiger partial charge on any atom is -0.331 e. The Morgan fingerprint density at radius 1 is 1.29 bits per heavy atom. The zero-order chi connectivity index (χ0) is 14.2. The molecule has 0 saturated heterocycles. The molecule has 0 unspecified atom stereocenters. The van der Waals surface area contributed by atoms with E-state index in [2.05, 4.69) is 27.8 Å². The van der Waals surface area contributed by atoms with E-state index in [1.54, 1.807) is 22.7 Å². The summed E-state index contributed by atoms with van der Waals surface area (Å²) in [7, 11) is 0. The van der Waals surface area contributed by atoms with Gasteiger partial charge in [-0.3, -0.25) is 4.79 Å². The quantitative estimate of drug-likeness (QED) is 0.813. The fourth-order valence-corrected chi connectivity index (χ4v) is 4.94. The van der Waals surface area contributed by atoms with Crippen molar-refractivity contribution in [1.29, 1.82) is 0 Å². The molecule has 1 amide bonds. The Kier molecular flexibility index (Phi) is 3.59. The summed E-state index contributed by atoms with van der Waals surface area (Å²) < 4.78 is 0. The normalized spacial score (nSPS) is 17.5. The number of carbonyl (C=O) groups excluding carboxylic acids is 1. The molecule has 0 aliphatic heterocycles. The Labute approximate surface area is 133 Å². The standard InChI is InChI=1S/C17H19NOS2/c19-17(16-9-13-3-1-2-4-15(13)21-16)18(14-5-6-14)10-12-7-8-20-11-12/h7-9,11,14H,1-6,10H2. The minimum absolute atomic E-state index is 0.253. The van der Waals surface area contributed by atoms with Crippen molar-refractivity contribution in [2.24, 2.45) is 0 Å². The Morgan fingerprint density at radius 2 is 2.14 bits per heavy atom. The van der Waals surface area contributed by atoms with Gasteiger partial charge >= 0.3 is 0 Å². The second kappa shape index (κ2) is 5.58. The second-order valence-electron chi connectivity index (χ2n) is 6.06. The molecule has 1 saturated carbocycles. The number of hydrogen-bond acceptors (Lipinski definition) is 3. The molecular formula is C17H19NOS2. The molecule has 21 heavy (non-hydrogen) atoms. The third-order valence-electron chi connectivity index (χ3n) is 4.39. The van der Waals surface area contributed by atoms with E-state index in [1.807, 2.05) is 0 Å². The molecule has 110 valence electrons. The Balaban J connectivity index is 1.57. The SMILES string of the molecule is O=C(c1cc2c(s1)CCCC2)N(Cc1ccsc1)C1CC1. The highest BCUT2D eigenvalue weighted by atomic mass is 32.1. The number of thiophene rings is 2. The van der Waals surface area contributed by atoms with Gasteiger partial charge in [0.05, 0.1) is 4.88 Å². The first kappa shape index (κ1) is 13.5. The summed E-state index contributed by atoms with van der Waals surface area (Å²) in [4.78, 5) is 17.4. The molecule has 0 N–H and O–H groups in total. The van der Waals surface area contributed by atoms with Crippen LogP contribution in [0.3, 0.4) is 0 Å². The van der Waals surface area contributed by atoms with Gasteiger partial charge in [0.25, 0.3) is 5.91 Å². The minimum atomic E-state index is 0.253. The highest BCUT2D eigenvalue weighted by Crippen LogP contribution is 2.34. The van der Waals surface area contributed by atoms with Crippen LogP contribution in [0.25, 0.3) is 0 Å². The van der Waals surface area contributed by atoms with Crippen LogP contribution in [0.4, 0.5) is 0 Å². The van der Waals surface area contributed by atoms with E-state index in [0.29, 0.717) is 6.04 Å². The molecule has 1 fully saturated rings. The Morgan fingerprint density at radius 3 is 2.86 bits per heavy atom. The lowest BCUT2D eigenvalue weighted by molar-refractivity contribution is 0.0735. The maximum Gasteiger partial charge on any atom is 0.264 e. The Hall–Kier alpha value is -1.13. The number of fused-ring (bicyclic) bond motifs is 1. The third-order valence-corrected chi connectivity index (χ3v) is 6.35. The van der Waals surface area contributed by atoms with Gasteiger partial charge < -0.3 is 4.90 Å². The molecule has 0 atom stereocenters. The van der Waals surface area contributed by atoms with Crippen LogP contribution < -0.4 is 0 Å². The first-order valence-electron chi connectivity index (χ1n) is 7.75. The summed E-state index contributed by atoms with van der Waals surface area (Å²) in [6, 6.07) is 4.77. The van der Waals surface area contributed by atoms with Gasteiger partial charge in [0, 0.05) is 17.5 Å². The molecule has 0 bridgehead atoms. The van der Waals surface area contributed by atoms with Crippen molar-refractivity contribution in [3.63, 3.8) is 0 Å². The van der Waals surface area contributed by atoms with E-state index >= 15 is 0 Å². The highest BCUT2D eigenvalue weighted by molar-refractivity contribution is 7.14. The molecule has 2 nitrogen and oxygen atoms in total. The molecule has 4 heteroatoms. The van der Waals surface area contributed by atoms with E-state index in [0.717, 1.165) is 17.8 Å². The average molecular weight is 317 g/mol. The number of carbonyl (C=O) groups is 1. The average Bonchev–Trinajstić information content (AvgIpc) is 3.04. The lowest BCUT2D eigenvalue weighted by Gasteiger charge is -2.21. The lowest BCUT2D eigenvalue weighted by Crippen LogP contribution is -2.31. The summed E-state index contributed by atoms with van der Waals surface area (Å²) in [6.45, 7) is 0.773. The monoisotopic (exact) mass is 317 g/mol. The molecule has 0 spiro atoms. The van der Waals surface area contributed by atoms with Gasteiger partial charge in [0.15, 0.2) is 0 Å². The van der Waals surface area contributed by atoms with Gasteiger partial charge in [0.2, 0.25) is 0 Å². The van der Waals surface area contributed by atoms with Crippen LogP contribution in [0, 0.1) is 0 Å². The number of rotatable bonds is 4. The number of nitrogens with zero attached hydrogens (tertiary/aromatic N) is 1. The highest BCUT2D eigenvalue weighted by Gasteiger charge is 2.34. The maximum absolute atomic E-state index is 12.9. The molecule has 2 aliphatic carbocycles. The van der Waals surface area contributed by atoms with Crippen molar-refractivity contribution in [1.82, 2.24) is 4.90 Å². The van der Waals surface area contributed by atoms with Gasteiger partial charge in [-0.1, -0.05) is 0 Å². The van der Waals surface area contributed by atoms with E-state index in [9.17, 15) is 4.79 Å². The van der Waals surface area contributed by atoms with Crippen LogP contribution in [-0.2, 0) is 19.4 Å².